The Bertz CT molecular complexity index is 449. The standard InChI is InChI=1S/C13H16N2O.ClHO4/c16-13(12-7-3-1-4-8-12)14-11-15-9-5-2-6-10-15;2-1(3,4)5/h1,3-4,7-8,11H,2,5-6,9-10H2;(H,2,3,4,5). The van der Waals surface area contributed by atoms with E-state index in [1.165, 1.54) is 19.3 Å². The number of benzene rings is 1. The van der Waals surface area contributed by atoms with Crippen LogP contribution in [0, 0.1) is 10.2 Å². The molecule has 0 radical (unpaired) electrons. The van der Waals surface area contributed by atoms with Crippen LogP contribution < -0.4 is 14.0 Å². The van der Waals surface area contributed by atoms with Crippen molar-refractivity contribution in [2.24, 2.45) is 4.99 Å². The highest BCUT2D eigenvalue weighted by molar-refractivity contribution is 5.98. The lowest BCUT2D eigenvalue weighted by Crippen LogP contribution is -2.58. The van der Waals surface area contributed by atoms with Gasteiger partial charge in [-0.25, -0.2) is 0 Å². The average Bonchev–Trinajstić information content (AvgIpc) is 2.45. The second-order valence-electron chi connectivity index (χ2n) is 4.41. The summed E-state index contributed by atoms with van der Waals surface area (Å²) in [6, 6.07) is 9.17. The van der Waals surface area contributed by atoms with E-state index in [4.69, 9.17) is 18.6 Å². The van der Waals surface area contributed by atoms with Crippen molar-refractivity contribution in [3.63, 3.8) is 0 Å². The van der Waals surface area contributed by atoms with Crippen LogP contribution in [-0.2, 0) is 0 Å². The lowest BCUT2D eigenvalue weighted by atomic mass is 10.1. The molecular weight excluding hydrogens is 300 g/mol. The summed E-state index contributed by atoms with van der Waals surface area (Å²) >= 11 is 0. The SMILES string of the molecule is O=C(N=CN1CCCCC1)c1ccccc1.[O-][Cl+3]([O-])([O-])O. The Morgan fingerprint density at radius 3 is 2.19 bits per heavy atom. The number of carbonyl (C=O) groups excluding carboxylic acids is 1. The Morgan fingerprint density at radius 1 is 1.14 bits per heavy atom. The topological polar surface area (TPSA) is 122 Å². The molecule has 1 amide bonds. The molecule has 1 N–H and O–H groups in total. The highest BCUT2D eigenvalue weighted by atomic mass is 35.7. The maximum absolute atomic E-state index is 11.7. The number of likely N-dealkylation sites (tertiary alicyclic amines) is 1. The molecule has 0 atom stereocenters. The van der Waals surface area contributed by atoms with Gasteiger partial charge in [0.1, 0.15) is 0 Å². The molecule has 1 aromatic rings. The molecule has 1 saturated heterocycles. The lowest BCUT2D eigenvalue weighted by molar-refractivity contribution is -1.92. The summed E-state index contributed by atoms with van der Waals surface area (Å²) in [4.78, 5) is 17.8. The third-order valence-corrected chi connectivity index (χ3v) is 2.75. The monoisotopic (exact) mass is 316 g/mol. The van der Waals surface area contributed by atoms with E-state index >= 15 is 0 Å². The summed E-state index contributed by atoms with van der Waals surface area (Å²) in [5.74, 6) is -0.161. The van der Waals surface area contributed by atoms with E-state index in [9.17, 15) is 4.79 Å². The van der Waals surface area contributed by atoms with Crippen LogP contribution in [0.2, 0.25) is 0 Å². The van der Waals surface area contributed by atoms with Gasteiger partial charge in [0.15, 0.2) is 0 Å². The van der Waals surface area contributed by atoms with Gasteiger partial charge in [-0.3, -0.25) is 4.79 Å². The molecule has 0 bridgehead atoms. The highest BCUT2D eigenvalue weighted by Crippen LogP contribution is 2.07. The van der Waals surface area contributed by atoms with Gasteiger partial charge in [-0.05, 0) is 31.4 Å². The van der Waals surface area contributed by atoms with Crippen molar-refractivity contribution < 1.29 is 33.7 Å². The molecule has 1 aromatic carbocycles. The van der Waals surface area contributed by atoms with Gasteiger partial charge in [0.2, 0.25) is 0 Å². The summed E-state index contributed by atoms with van der Waals surface area (Å²) in [7, 11) is -4.69. The Hall–Kier alpha value is -1.51. The van der Waals surface area contributed by atoms with Crippen LogP contribution in [0.4, 0.5) is 0 Å². The Morgan fingerprint density at radius 2 is 1.67 bits per heavy atom. The molecule has 116 valence electrons. The van der Waals surface area contributed by atoms with Crippen molar-refractivity contribution in [1.82, 2.24) is 4.90 Å². The minimum atomic E-state index is -4.69. The van der Waals surface area contributed by atoms with Gasteiger partial charge in [-0.2, -0.15) is 19.0 Å². The van der Waals surface area contributed by atoms with E-state index in [-0.39, 0.29) is 5.91 Å². The minimum Gasteiger partial charge on any atom is -0.362 e. The Kier molecular flexibility index (Phi) is 7.27. The third kappa shape index (κ3) is 9.11. The predicted octanol–water partition coefficient (Wildman–Crippen LogP) is -1.78. The van der Waals surface area contributed by atoms with Crippen LogP contribution in [0.1, 0.15) is 29.6 Å². The molecule has 1 aliphatic heterocycles. The number of halogens is 1. The van der Waals surface area contributed by atoms with Gasteiger partial charge >= 0.3 is 0 Å². The summed E-state index contributed by atoms with van der Waals surface area (Å²) in [6.45, 7) is 2.04. The zero-order valence-corrected chi connectivity index (χ0v) is 12.1. The van der Waals surface area contributed by atoms with Crippen LogP contribution in [0.15, 0.2) is 35.3 Å². The molecular formula is C13H17ClN2O5. The quantitative estimate of drug-likeness (QED) is 0.508. The second kappa shape index (κ2) is 8.71. The molecule has 0 unspecified atom stereocenters. The first-order valence-electron chi connectivity index (χ1n) is 6.37. The third-order valence-electron chi connectivity index (χ3n) is 2.75. The number of aliphatic imine (C=N–C) groups is 1. The van der Waals surface area contributed by atoms with Crippen molar-refractivity contribution in [3.8, 4) is 0 Å². The van der Waals surface area contributed by atoms with E-state index in [0.29, 0.717) is 5.56 Å². The molecule has 0 aromatic heterocycles. The zero-order valence-electron chi connectivity index (χ0n) is 11.4. The number of nitrogens with zero attached hydrogens (tertiary/aromatic N) is 2. The van der Waals surface area contributed by atoms with Crippen molar-refractivity contribution in [1.29, 1.82) is 0 Å². The lowest BCUT2D eigenvalue weighted by Gasteiger charge is -2.23. The molecule has 21 heavy (non-hydrogen) atoms. The Labute approximate surface area is 124 Å². The average molecular weight is 317 g/mol. The van der Waals surface area contributed by atoms with Crippen LogP contribution in [0.3, 0.4) is 0 Å². The highest BCUT2D eigenvalue weighted by Gasteiger charge is 2.07. The normalized spacial score (nSPS) is 15.5. The summed E-state index contributed by atoms with van der Waals surface area (Å²) in [5.41, 5.74) is 0.649. The van der Waals surface area contributed by atoms with Gasteiger partial charge in [-0.1, -0.05) is 18.2 Å². The summed E-state index contributed by atoms with van der Waals surface area (Å²) in [6.07, 6.45) is 5.38. The largest absolute Gasteiger partial charge is 0.362 e. The molecule has 1 fully saturated rings. The molecule has 0 spiro atoms. The van der Waals surface area contributed by atoms with E-state index in [1.807, 2.05) is 18.2 Å². The van der Waals surface area contributed by atoms with Crippen molar-refractivity contribution in [2.75, 3.05) is 13.1 Å². The second-order valence-corrected chi connectivity index (χ2v) is 5.20. The summed E-state index contributed by atoms with van der Waals surface area (Å²) < 4.78 is 32.7. The molecule has 0 aliphatic carbocycles. The van der Waals surface area contributed by atoms with Gasteiger partial charge in [-0.15, -0.1) is 0 Å². The molecule has 1 heterocycles. The number of piperidine rings is 1. The molecule has 7 nitrogen and oxygen atoms in total. The van der Waals surface area contributed by atoms with E-state index in [1.54, 1.807) is 18.5 Å². The molecule has 0 saturated carbocycles. The van der Waals surface area contributed by atoms with Crippen LogP contribution in [0.25, 0.3) is 0 Å². The number of hydrogen-bond donors (Lipinski definition) is 1. The first-order chi connectivity index (χ1) is 9.86. The van der Waals surface area contributed by atoms with Crippen LogP contribution in [-0.4, -0.2) is 34.9 Å². The minimum absolute atomic E-state index is 0.161. The fourth-order valence-corrected chi connectivity index (χ4v) is 1.82. The molecule has 1 aliphatic rings. The van der Waals surface area contributed by atoms with Crippen LogP contribution in [0.5, 0.6) is 0 Å². The van der Waals surface area contributed by atoms with E-state index in [2.05, 4.69) is 9.89 Å². The fourth-order valence-electron chi connectivity index (χ4n) is 1.82. The smallest absolute Gasteiger partial charge is 0.278 e. The van der Waals surface area contributed by atoms with E-state index < -0.39 is 10.2 Å². The first-order valence-corrected chi connectivity index (χ1v) is 7.63. The van der Waals surface area contributed by atoms with Gasteiger partial charge in [0.25, 0.3) is 5.91 Å². The van der Waals surface area contributed by atoms with Gasteiger partial charge < -0.3 is 4.90 Å². The number of hydrogen-bond acceptors (Lipinski definition) is 5. The molecule has 8 heteroatoms. The maximum Gasteiger partial charge on any atom is 0.278 e. The Balaban J connectivity index is 0.000000383. The zero-order chi connectivity index (χ0) is 15.7. The van der Waals surface area contributed by atoms with Crippen molar-refractivity contribution in [2.45, 2.75) is 19.3 Å². The van der Waals surface area contributed by atoms with Crippen LogP contribution >= 0.6 is 0 Å². The number of rotatable bonds is 2. The van der Waals surface area contributed by atoms with Crippen molar-refractivity contribution >= 4 is 12.2 Å². The van der Waals surface area contributed by atoms with Gasteiger partial charge in [0.05, 0.1) is 21.2 Å². The number of amides is 1. The first kappa shape index (κ1) is 17.5. The molecule has 2 rings (SSSR count). The predicted molar refractivity (Wildman–Crippen MR) is 66.9 cm³/mol. The van der Waals surface area contributed by atoms with E-state index in [0.717, 1.165) is 13.1 Å². The van der Waals surface area contributed by atoms with Crippen molar-refractivity contribution in [3.05, 3.63) is 35.9 Å². The fraction of sp³-hybridized carbons (Fsp3) is 0.385. The van der Waals surface area contributed by atoms with Gasteiger partial charge in [0, 0.05) is 18.7 Å². The number of carbonyl (C=O) groups is 1. The maximum atomic E-state index is 11.7. The summed E-state index contributed by atoms with van der Waals surface area (Å²) in [5, 5.41) is 0.